The summed E-state index contributed by atoms with van der Waals surface area (Å²) in [4.78, 5) is 8.83. The van der Waals surface area contributed by atoms with Crippen LogP contribution in [-0.4, -0.2) is 9.97 Å². The van der Waals surface area contributed by atoms with E-state index in [4.69, 9.17) is 11.6 Å². The van der Waals surface area contributed by atoms with Crippen molar-refractivity contribution in [3.63, 3.8) is 0 Å². The summed E-state index contributed by atoms with van der Waals surface area (Å²) in [7, 11) is 0. The van der Waals surface area contributed by atoms with Gasteiger partial charge in [-0.3, -0.25) is 4.98 Å². The first-order valence-electron chi connectivity index (χ1n) is 6.77. The molecule has 0 spiro atoms. The van der Waals surface area contributed by atoms with Crippen LogP contribution >= 0.6 is 27.5 Å². The van der Waals surface area contributed by atoms with E-state index in [0.717, 1.165) is 21.5 Å². The van der Waals surface area contributed by atoms with Crippen molar-refractivity contribution in [2.75, 3.05) is 5.32 Å². The van der Waals surface area contributed by atoms with Crippen molar-refractivity contribution in [1.82, 2.24) is 9.97 Å². The van der Waals surface area contributed by atoms with Gasteiger partial charge in [-0.2, -0.15) is 0 Å². The summed E-state index contributed by atoms with van der Waals surface area (Å²) in [5.74, 6) is 0.777. The predicted octanol–water partition coefficient (Wildman–Crippen LogP) is 5.09. The van der Waals surface area contributed by atoms with E-state index in [1.165, 1.54) is 0 Å². The van der Waals surface area contributed by atoms with Crippen LogP contribution < -0.4 is 5.32 Å². The molecule has 0 aliphatic carbocycles. The third-order valence-electron chi connectivity index (χ3n) is 3.19. The largest absolute Gasteiger partial charge is 0.358 e. The molecule has 22 heavy (non-hydrogen) atoms. The number of pyridine rings is 2. The maximum atomic E-state index is 6.13. The average molecular weight is 375 g/mol. The van der Waals surface area contributed by atoms with Crippen molar-refractivity contribution in [2.24, 2.45) is 0 Å². The second kappa shape index (κ2) is 6.90. The molecule has 110 valence electrons. The predicted molar refractivity (Wildman–Crippen MR) is 93.1 cm³/mol. The average Bonchev–Trinajstić information content (AvgIpc) is 2.55. The summed E-state index contributed by atoms with van der Waals surface area (Å²) in [6.45, 7) is 0. The molecule has 1 N–H and O–H groups in total. The highest BCUT2D eigenvalue weighted by Gasteiger charge is 2.16. The van der Waals surface area contributed by atoms with E-state index in [-0.39, 0.29) is 6.04 Å². The molecule has 0 radical (unpaired) electrons. The third kappa shape index (κ3) is 3.64. The van der Waals surface area contributed by atoms with Gasteiger partial charge in [0.15, 0.2) is 0 Å². The molecule has 1 atom stereocenters. The number of nitrogens with zero attached hydrogens (tertiary/aromatic N) is 2. The summed E-state index contributed by atoms with van der Waals surface area (Å²) in [5, 5.41) is 4.11. The van der Waals surface area contributed by atoms with Crippen molar-refractivity contribution in [2.45, 2.75) is 6.04 Å². The van der Waals surface area contributed by atoms with E-state index >= 15 is 0 Å². The Labute approximate surface area is 142 Å². The number of rotatable bonds is 4. The standard InChI is InChI=1S/C17H13BrClN3/c18-13-7-8-16(21-11-13)22-17(15-6-1-2-9-20-15)12-4-3-5-14(19)10-12/h1-11,17H,(H,21,22). The van der Waals surface area contributed by atoms with Crippen molar-refractivity contribution >= 4 is 33.3 Å². The molecule has 5 heteroatoms. The Morgan fingerprint density at radius 1 is 1.00 bits per heavy atom. The highest BCUT2D eigenvalue weighted by molar-refractivity contribution is 9.10. The van der Waals surface area contributed by atoms with Gasteiger partial charge in [0.25, 0.3) is 0 Å². The van der Waals surface area contributed by atoms with E-state index in [9.17, 15) is 0 Å². The lowest BCUT2D eigenvalue weighted by Gasteiger charge is -2.19. The maximum absolute atomic E-state index is 6.13. The van der Waals surface area contributed by atoms with Gasteiger partial charge in [-0.05, 0) is 57.9 Å². The Morgan fingerprint density at radius 2 is 1.91 bits per heavy atom. The molecule has 0 saturated heterocycles. The van der Waals surface area contributed by atoms with E-state index in [0.29, 0.717) is 5.02 Å². The smallest absolute Gasteiger partial charge is 0.126 e. The topological polar surface area (TPSA) is 37.8 Å². The van der Waals surface area contributed by atoms with Crippen molar-refractivity contribution in [1.29, 1.82) is 0 Å². The molecule has 0 amide bonds. The molecular weight excluding hydrogens is 362 g/mol. The van der Waals surface area contributed by atoms with Crippen molar-refractivity contribution < 1.29 is 0 Å². The van der Waals surface area contributed by atoms with Crippen molar-refractivity contribution in [3.05, 3.63) is 87.7 Å². The van der Waals surface area contributed by atoms with Crippen LogP contribution in [0.25, 0.3) is 0 Å². The summed E-state index contributed by atoms with van der Waals surface area (Å²) in [6, 6.07) is 17.4. The van der Waals surface area contributed by atoms with Crippen LogP contribution in [0.5, 0.6) is 0 Å². The summed E-state index contributed by atoms with van der Waals surface area (Å²) >= 11 is 9.52. The molecule has 0 aliphatic heterocycles. The quantitative estimate of drug-likeness (QED) is 0.691. The number of aromatic nitrogens is 2. The zero-order valence-corrected chi connectivity index (χ0v) is 13.9. The molecule has 0 saturated carbocycles. The Kier molecular flexibility index (Phi) is 4.71. The number of halogens is 2. The number of hydrogen-bond donors (Lipinski definition) is 1. The molecule has 2 aromatic heterocycles. The molecule has 2 heterocycles. The van der Waals surface area contributed by atoms with Gasteiger partial charge in [-0.1, -0.05) is 29.8 Å². The third-order valence-corrected chi connectivity index (χ3v) is 3.89. The maximum Gasteiger partial charge on any atom is 0.126 e. The molecule has 1 unspecified atom stereocenters. The van der Waals surface area contributed by atoms with Gasteiger partial charge in [-0.15, -0.1) is 0 Å². The SMILES string of the molecule is Clc1cccc(C(Nc2ccc(Br)cn2)c2ccccn2)c1. The minimum atomic E-state index is -0.117. The number of hydrogen-bond acceptors (Lipinski definition) is 3. The van der Waals surface area contributed by atoms with E-state index in [2.05, 4.69) is 31.2 Å². The number of nitrogens with one attached hydrogen (secondary N) is 1. The van der Waals surface area contributed by atoms with E-state index in [1.807, 2.05) is 54.6 Å². The van der Waals surface area contributed by atoms with Gasteiger partial charge in [0.2, 0.25) is 0 Å². The lowest BCUT2D eigenvalue weighted by atomic mass is 10.0. The molecule has 1 aromatic carbocycles. The van der Waals surface area contributed by atoms with Gasteiger partial charge in [0, 0.05) is 21.9 Å². The highest BCUT2D eigenvalue weighted by atomic mass is 79.9. The summed E-state index contributed by atoms with van der Waals surface area (Å²) < 4.78 is 0.940. The van der Waals surface area contributed by atoms with Crippen LogP contribution in [0.2, 0.25) is 5.02 Å². The van der Waals surface area contributed by atoms with Crippen LogP contribution in [0, 0.1) is 0 Å². The van der Waals surface area contributed by atoms with Crippen LogP contribution in [0.3, 0.4) is 0 Å². The van der Waals surface area contributed by atoms with Crippen LogP contribution in [0.15, 0.2) is 71.5 Å². The monoisotopic (exact) mass is 373 g/mol. The van der Waals surface area contributed by atoms with Crippen LogP contribution in [-0.2, 0) is 0 Å². The zero-order valence-electron chi connectivity index (χ0n) is 11.6. The van der Waals surface area contributed by atoms with E-state index < -0.39 is 0 Å². The molecule has 3 nitrogen and oxygen atoms in total. The lowest BCUT2D eigenvalue weighted by molar-refractivity contribution is 0.878. The highest BCUT2D eigenvalue weighted by Crippen LogP contribution is 2.26. The fourth-order valence-electron chi connectivity index (χ4n) is 2.17. The Bertz CT molecular complexity index is 747. The normalized spacial score (nSPS) is 11.9. The fourth-order valence-corrected chi connectivity index (χ4v) is 2.60. The molecule has 0 bridgehead atoms. The van der Waals surface area contributed by atoms with Gasteiger partial charge in [0.05, 0.1) is 11.7 Å². The summed E-state index contributed by atoms with van der Waals surface area (Å²) in [6.07, 6.45) is 3.54. The molecule has 0 fully saturated rings. The minimum absolute atomic E-state index is 0.117. The van der Waals surface area contributed by atoms with Crippen LogP contribution in [0.4, 0.5) is 5.82 Å². The van der Waals surface area contributed by atoms with Crippen LogP contribution in [0.1, 0.15) is 17.3 Å². The Balaban J connectivity index is 1.98. The lowest BCUT2D eigenvalue weighted by Crippen LogP contribution is -2.14. The van der Waals surface area contributed by atoms with Gasteiger partial charge < -0.3 is 5.32 Å². The summed E-state index contributed by atoms with van der Waals surface area (Å²) in [5.41, 5.74) is 1.95. The first-order valence-corrected chi connectivity index (χ1v) is 7.94. The Hall–Kier alpha value is -1.91. The number of benzene rings is 1. The Morgan fingerprint density at radius 3 is 2.59 bits per heavy atom. The van der Waals surface area contributed by atoms with Gasteiger partial charge in [-0.25, -0.2) is 4.98 Å². The first-order chi connectivity index (χ1) is 10.7. The first kappa shape index (κ1) is 15.0. The minimum Gasteiger partial charge on any atom is -0.358 e. The second-order valence-electron chi connectivity index (χ2n) is 4.75. The number of anilines is 1. The zero-order chi connectivity index (χ0) is 15.4. The van der Waals surface area contributed by atoms with Gasteiger partial charge in [0.1, 0.15) is 5.82 Å². The van der Waals surface area contributed by atoms with E-state index in [1.54, 1.807) is 12.4 Å². The van der Waals surface area contributed by atoms with Crippen molar-refractivity contribution in [3.8, 4) is 0 Å². The molecule has 3 aromatic rings. The molecule has 3 rings (SSSR count). The van der Waals surface area contributed by atoms with Gasteiger partial charge >= 0.3 is 0 Å². The molecule has 0 aliphatic rings. The second-order valence-corrected chi connectivity index (χ2v) is 6.10. The fraction of sp³-hybridized carbons (Fsp3) is 0.0588. The molecular formula is C17H13BrClN3.